The number of nitrogens with zero attached hydrogens (tertiary/aromatic N) is 2. The molecule has 0 fully saturated rings. The number of urea groups is 1. The fourth-order valence-corrected chi connectivity index (χ4v) is 2.38. The Labute approximate surface area is 144 Å². The standard InChI is InChI=1S/C18H15ClN4O/c19-15-2-1-3-16(11-15)23-18(24)22-12-13-4-9-21-17(10-13)14-5-7-20-8-6-14/h1-11H,12H2,(H2,22,23,24). The van der Waals surface area contributed by atoms with Gasteiger partial charge in [-0.25, -0.2) is 4.79 Å². The van der Waals surface area contributed by atoms with Gasteiger partial charge in [-0.15, -0.1) is 0 Å². The third-order valence-corrected chi connectivity index (χ3v) is 3.57. The highest BCUT2D eigenvalue weighted by molar-refractivity contribution is 6.30. The van der Waals surface area contributed by atoms with Gasteiger partial charge in [0.15, 0.2) is 0 Å². The van der Waals surface area contributed by atoms with Crippen molar-refractivity contribution in [2.24, 2.45) is 0 Å². The maximum Gasteiger partial charge on any atom is 0.319 e. The number of hydrogen-bond acceptors (Lipinski definition) is 3. The molecule has 6 heteroatoms. The van der Waals surface area contributed by atoms with Gasteiger partial charge in [0.25, 0.3) is 0 Å². The zero-order valence-electron chi connectivity index (χ0n) is 12.7. The molecule has 5 nitrogen and oxygen atoms in total. The average Bonchev–Trinajstić information content (AvgIpc) is 2.61. The molecule has 0 bridgehead atoms. The molecule has 0 atom stereocenters. The first-order valence-corrected chi connectivity index (χ1v) is 7.74. The second kappa shape index (κ2) is 7.57. The highest BCUT2D eigenvalue weighted by atomic mass is 35.5. The Hall–Kier alpha value is -2.92. The topological polar surface area (TPSA) is 66.9 Å². The van der Waals surface area contributed by atoms with Gasteiger partial charge in [-0.2, -0.15) is 0 Å². The molecule has 0 unspecified atom stereocenters. The zero-order valence-corrected chi connectivity index (χ0v) is 13.5. The number of anilines is 1. The Morgan fingerprint density at radius 3 is 2.67 bits per heavy atom. The number of hydrogen-bond donors (Lipinski definition) is 2. The summed E-state index contributed by atoms with van der Waals surface area (Å²) >= 11 is 5.89. The van der Waals surface area contributed by atoms with Crippen molar-refractivity contribution in [2.45, 2.75) is 6.54 Å². The molecular weight excluding hydrogens is 324 g/mol. The van der Waals surface area contributed by atoms with Crippen LogP contribution in [0.5, 0.6) is 0 Å². The molecule has 1 aromatic carbocycles. The molecule has 2 amide bonds. The van der Waals surface area contributed by atoms with E-state index in [9.17, 15) is 4.79 Å². The molecule has 0 spiro atoms. The molecule has 3 rings (SSSR count). The van der Waals surface area contributed by atoms with Crippen molar-refractivity contribution < 1.29 is 4.79 Å². The number of rotatable bonds is 4. The summed E-state index contributed by atoms with van der Waals surface area (Å²) < 4.78 is 0. The lowest BCUT2D eigenvalue weighted by molar-refractivity contribution is 0.251. The van der Waals surface area contributed by atoms with Crippen molar-refractivity contribution in [3.8, 4) is 11.3 Å². The Morgan fingerprint density at radius 1 is 1.04 bits per heavy atom. The number of aromatic nitrogens is 2. The Bertz CT molecular complexity index is 839. The predicted molar refractivity (Wildman–Crippen MR) is 94.8 cm³/mol. The molecule has 0 aliphatic carbocycles. The van der Waals surface area contributed by atoms with E-state index in [2.05, 4.69) is 20.6 Å². The van der Waals surface area contributed by atoms with E-state index in [0.717, 1.165) is 16.8 Å². The van der Waals surface area contributed by atoms with E-state index in [4.69, 9.17) is 11.6 Å². The number of pyridine rings is 2. The molecule has 0 saturated carbocycles. The minimum Gasteiger partial charge on any atom is -0.334 e. The summed E-state index contributed by atoms with van der Waals surface area (Å²) in [6.45, 7) is 0.396. The number of carbonyl (C=O) groups is 1. The number of amides is 2. The number of benzene rings is 1. The largest absolute Gasteiger partial charge is 0.334 e. The van der Waals surface area contributed by atoms with Crippen LogP contribution in [0.15, 0.2) is 67.1 Å². The summed E-state index contributed by atoms with van der Waals surface area (Å²) in [6, 6.07) is 14.3. The van der Waals surface area contributed by atoms with Crippen molar-refractivity contribution in [1.29, 1.82) is 0 Å². The van der Waals surface area contributed by atoms with Gasteiger partial charge in [-0.3, -0.25) is 9.97 Å². The van der Waals surface area contributed by atoms with Crippen LogP contribution in [0.25, 0.3) is 11.3 Å². The van der Waals surface area contributed by atoms with Crippen LogP contribution in [0.3, 0.4) is 0 Å². The quantitative estimate of drug-likeness (QED) is 0.752. The zero-order chi connectivity index (χ0) is 16.8. The minimum absolute atomic E-state index is 0.292. The van der Waals surface area contributed by atoms with Crippen LogP contribution in [-0.2, 0) is 6.54 Å². The molecule has 0 aliphatic rings. The first kappa shape index (κ1) is 16.0. The molecule has 0 saturated heterocycles. The monoisotopic (exact) mass is 338 g/mol. The molecule has 2 aromatic heterocycles. The number of carbonyl (C=O) groups excluding carboxylic acids is 1. The molecule has 3 aromatic rings. The van der Waals surface area contributed by atoms with Crippen molar-refractivity contribution in [3.63, 3.8) is 0 Å². The van der Waals surface area contributed by atoms with E-state index in [1.54, 1.807) is 42.9 Å². The van der Waals surface area contributed by atoms with Gasteiger partial charge in [0, 0.05) is 41.4 Å². The average molecular weight is 339 g/mol. The molecule has 120 valence electrons. The highest BCUT2D eigenvalue weighted by Crippen LogP contribution is 2.17. The van der Waals surface area contributed by atoms with Gasteiger partial charge in [0.1, 0.15) is 0 Å². The Balaban J connectivity index is 1.61. The van der Waals surface area contributed by atoms with Crippen LogP contribution in [-0.4, -0.2) is 16.0 Å². The lowest BCUT2D eigenvalue weighted by Gasteiger charge is -2.09. The van der Waals surface area contributed by atoms with Crippen LogP contribution < -0.4 is 10.6 Å². The van der Waals surface area contributed by atoms with Gasteiger partial charge in [0.05, 0.1) is 5.69 Å². The van der Waals surface area contributed by atoms with Crippen LogP contribution in [0, 0.1) is 0 Å². The SMILES string of the molecule is O=C(NCc1ccnc(-c2ccncc2)c1)Nc1cccc(Cl)c1. The minimum atomic E-state index is -0.292. The van der Waals surface area contributed by atoms with Crippen LogP contribution in [0.2, 0.25) is 5.02 Å². The van der Waals surface area contributed by atoms with Gasteiger partial charge >= 0.3 is 6.03 Å². The summed E-state index contributed by atoms with van der Waals surface area (Å²) in [4.78, 5) is 20.3. The van der Waals surface area contributed by atoms with E-state index in [-0.39, 0.29) is 6.03 Å². The first-order chi connectivity index (χ1) is 11.7. The van der Waals surface area contributed by atoms with Crippen LogP contribution in [0.4, 0.5) is 10.5 Å². The maximum absolute atomic E-state index is 12.0. The lowest BCUT2D eigenvalue weighted by atomic mass is 10.1. The van der Waals surface area contributed by atoms with Crippen molar-refractivity contribution in [3.05, 3.63) is 77.7 Å². The van der Waals surface area contributed by atoms with Crippen molar-refractivity contribution in [1.82, 2.24) is 15.3 Å². The third kappa shape index (κ3) is 4.30. The van der Waals surface area contributed by atoms with Gasteiger partial charge in [-0.1, -0.05) is 17.7 Å². The highest BCUT2D eigenvalue weighted by Gasteiger charge is 2.04. The fourth-order valence-electron chi connectivity index (χ4n) is 2.19. The van der Waals surface area contributed by atoms with Crippen molar-refractivity contribution in [2.75, 3.05) is 5.32 Å². The predicted octanol–water partition coefficient (Wildman–Crippen LogP) is 4.12. The summed E-state index contributed by atoms with van der Waals surface area (Å²) in [5.41, 5.74) is 3.42. The summed E-state index contributed by atoms with van der Waals surface area (Å²) in [5, 5.41) is 6.13. The van der Waals surface area contributed by atoms with E-state index in [1.807, 2.05) is 24.3 Å². The van der Waals surface area contributed by atoms with Gasteiger partial charge in [0.2, 0.25) is 0 Å². The number of halogens is 1. The van der Waals surface area contributed by atoms with Gasteiger partial charge in [-0.05, 0) is 48.0 Å². The lowest BCUT2D eigenvalue weighted by Crippen LogP contribution is -2.28. The first-order valence-electron chi connectivity index (χ1n) is 7.36. The number of nitrogens with one attached hydrogen (secondary N) is 2. The smallest absolute Gasteiger partial charge is 0.319 e. The normalized spacial score (nSPS) is 10.2. The van der Waals surface area contributed by atoms with Crippen LogP contribution in [0.1, 0.15) is 5.56 Å². The summed E-state index contributed by atoms with van der Waals surface area (Å²) in [7, 11) is 0. The molecule has 0 aliphatic heterocycles. The fraction of sp³-hybridized carbons (Fsp3) is 0.0556. The molecule has 0 radical (unpaired) electrons. The maximum atomic E-state index is 12.0. The summed E-state index contributed by atoms with van der Waals surface area (Å²) in [5.74, 6) is 0. The molecule has 24 heavy (non-hydrogen) atoms. The van der Waals surface area contributed by atoms with E-state index >= 15 is 0 Å². The Morgan fingerprint density at radius 2 is 1.88 bits per heavy atom. The van der Waals surface area contributed by atoms with Crippen LogP contribution >= 0.6 is 11.6 Å². The second-order valence-corrected chi connectivity index (χ2v) is 5.54. The van der Waals surface area contributed by atoms with Crippen molar-refractivity contribution >= 4 is 23.3 Å². The third-order valence-electron chi connectivity index (χ3n) is 3.34. The van der Waals surface area contributed by atoms with Gasteiger partial charge < -0.3 is 10.6 Å². The molecule has 2 heterocycles. The van der Waals surface area contributed by atoms with E-state index < -0.39 is 0 Å². The Kier molecular flexibility index (Phi) is 5.03. The van der Waals surface area contributed by atoms with E-state index in [1.165, 1.54) is 0 Å². The second-order valence-electron chi connectivity index (χ2n) is 5.10. The molecule has 2 N–H and O–H groups in total. The summed E-state index contributed by atoms with van der Waals surface area (Å²) in [6.07, 6.45) is 5.17. The molecular formula is C18H15ClN4O. The van der Waals surface area contributed by atoms with E-state index in [0.29, 0.717) is 17.3 Å².